The lowest BCUT2D eigenvalue weighted by Crippen LogP contribution is -2.09. The highest BCUT2D eigenvalue weighted by Crippen LogP contribution is 2.29. The van der Waals surface area contributed by atoms with Gasteiger partial charge in [-0.2, -0.15) is 0 Å². The molecule has 0 aliphatic heterocycles. The molecule has 116 valence electrons. The van der Waals surface area contributed by atoms with E-state index in [-0.39, 0.29) is 33.3 Å². The molecule has 7 heteroatoms. The third kappa shape index (κ3) is 2.89. The van der Waals surface area contributed by atoms with E-state index in [0.29, 0.717) is 0 Å². The van der Waals surface area contributed by atoms with E-state index < -0.39 is 15.8 Å². The molecule has 22 heavy (non-hydrogen) atoms. The highest BCUT2D eigenvalue weighted by molar-refractivity contribution is 7.91. The first-order valence-electron chi connectivity index (χ1n) is 6.54. The minimum atomic E-state index is -3.80. The zero-order chi connectivity index (χ0) is 16.3. The fraction of sp³-hybridized carbons (Fsp3) is 0.133. The van der Waals surface area contributed by atoms with Crippen molar-refractivity contribution in [1.82, 2.24) is 0 Å². The second kappa shape index (κ2) is 6.07. The van der Waals surface area contributed by atoms with E-state index >= 15 is 0 Å². The quantitative estimate of drug-likeness (QED) is 0.657. The van der Waals surface area contributed by atoms with Crippen LogP contribution in [0.25, 0.3) is 0 Å². The monoisotopic (exact) mass is 320 g/mol. The Labute approximate surface area is 128 Å². The Morgan fingerprint density at radius 1 is 1.09 bits per heavy atom. The van der Waals surface area contributed by atoms with Crippen molar-refractivity contribution in [2.75, 3.05) is 18.1 Å². The number of anilines is 2. The van der Waals surface area contributed by atoms with Gasteiger partial charge in [0.15, 0.2) is 0 Å². The van der Waals surface area contributed by atoms with Crippen LogP contribution in [0.15, 0.2) is 52.3 Å². The number of esters is 1. The molecule has 2 rings (SSSR count). The fourth-order valence-electron chi connectivity index (χ4n) is 1.91. The third-order valence-electron chi connectivity index (χ3n) is 3.07. The summed E-state index contributed by atoms with van der Waals surface area (Å²) in [5, 5.41) is 0. The number of hydrogen-bond acceptors (Lipinski definition) is 6. The smallest absolute Gasteiger partial charge is 0.338 e. The Bertz CT molecular complexity index is 799. The molecule has 0 unspecified atom stereocenters. The molecular formula is C15H16N2O4S. The SMILES string of the molecule is CCOC(=O)c1ccc(S(=O)(=O)c2cccc(N)c2N)cc1. The molecule has 4 N–H and O–H groups in total. The van der Waals surface area contributed by atoms with Crippen molar-refractivity contribution < 1.29 is 17.9 Å². The van der Waals surface area contributed by atoms with Gasteiger partial charge in [-0.15, -0.1) is 0 Å². The van der Waals surface area contributed by atoms with Crippen molar-refractivity contribution in [3.63, 3.8) is 0 Å². The molecule has 0 aromatic heterocycles. The Morgan fingerprint density at radius 2 is 1.73 bits per heavy atom. The molecule has 2 aromatic rings. The number of benzene rings is 2. The standard InChI is InChI=1S/C15H16N2O4S/c1-2-21-15(18)10-6-8-11(9-7-10)22(19,20)13-5-3-4-12(16)14(13)17/h3-9H,2,16-17H2,1H3. The van der Waals surface area contributed by atoms with Crippen molar-refractivity contribution in [2.45, 2.75) is 16.7 Å². The Balaban J connectivity index is 2.42. The van der Waals surface area contributed by atoms with Crippen molar-refractivity contribution in [1.29, 1.82) is 0 Å². The Morgan fingerprint density at radius 3 is 2.32 bits per heavy atom. The van der Waals surface area contributed by atoms with Crippen LogP contribution in [0.1, 0.15) is 17.3 Å². The molecule has 0 saturated carbocycles. The van der Waals surface area contributed by atoms with Crippen molar-refractivity contribution in [3.8, 4) is 0 Å². The number of hydrogen-bond donors (Lipinski definition) is 2. The summed E-state index contributed by atoms with van der Waals surface area (Å²) >= 11 is 0. The van der Waals surface area contributed by atoms with Crippen molar-refractivity contribution in [2.24, 2.45) is 0 Å². The van der Waals surface area contributed by atoms with Gasteiger partial charge in [-0.05, 0) is 43.3 Å². The summed E-state index contributed by atoms with van der Waals surface area (Å²) in [7, 11) is -3.80. The van der Waals surface area contributed by atoms with Gasteiger partial charge in [-0.25, -0.2) is 13.2 Å². The second-order valence-electron chi connectivity index (χ2n) is 4.51. The molecule has 0 bridgehead atoms. The van der Waals surface area contributed by atoms with Crippen molar-refractivity contribution in [3.05, 3.63) is 48.0 Å². The lowest BCUT2D eigenvalue weighted by Gasteiger charge is -2.10. The normalized spacial score (nSPS) is 11.1. The predicted octanol–water partition coefficient (Wildman–Crippen LogP) is 1.86. The van der Waals surface area contributed by atoms with Crippen LogP contribution in [-0.2, 0) is 14.6 Å². The zero-order valence-electron chi connectivity index (χ0n) is 11.9. The van der Waals surface area contributed by atoms with Crippen LogP contribution in [-0.4, -0.2) is 21.0 Å². The summed E-state index contributed by atoms with van der Waals surface area (Å²) in [6.07, 6.45) is 0. The minimum absolute atomic E-state index is 0.0111. The van der Waals surface area contributed by atoms with Gasteiger partial charge < -0.3 is 16.2 Å². The summed E-state index contributed by atoms with van der Waals surface area (Å²) in [4.78, 5) is 11.5. The maximum atomic E-state index is 12.6. The van der Waals surface area contributed by atoms with Crippen LogP contribution in [0.2, 0.25) is 0 Å². The second-order valence-corrected chi connectivity index (χ2v) is 6.43. The van der Waals surface area contributed by atoms with Crippen LogP contribution in [0.5, 0.6) is 0 Å². The first kappa shape index (κ1) is 15.8. The molecule has 0 fully saturated rings. The average molecular weight is 320 g/mol. The number of ether oxygens (including phenoxy) is 1. The number of carbonyl (C=O) groups excluding carboxylic acids is 1. The van der Waals surface area contributed by atoms with E-state index in [2.05, 4.69) is 0 Å². The molecule has 6 nitrogen and oxygen atoms in total. The summed E-state index contributed by atoms with van der Waals surface area (Å²) in [5.74, 6) is -0.505. The van der Waals surface area contributed by atoms with Crippen LogP contribution >= 0.6 is 0 Å². The maximum absolute atomic E-state index is 12.6. The van der Waals surface area contributed by atoms with E-state index in [1.165, 1.54) is 42.5 Å². The highest BCUT2D eigenvalue weighted by Gasteiger charge is 2.21. The molecule has 0 radical (unpaired) electrons. The van der Waals surface area contributed by atoms with Gasteiger partial charge in [0.05, 0.1) is 33.3 Å². The molecule has 0 amide bonds. The van der Waals surface area contributed by atoms with E-state index in [1.54, 1.807) is 6.92 Å². The minimum Gasteiger partial charge on any atom is -0.462 e. The molecule has 0 spiro atoms. The molecular weight excluding hydrogens is 304 g/mol. The van der Waals surface area contributed by atoms with E-state index in [1.807, 2.05) is 0 Å². The highest BCUT2D eigenvalue weighted by atomic mass is 32.2. The number of para-hydroxylation sites is 1. The first-order chi connectivity index (χ1) is 10.4. The molecule has 0 aliphatic carbocycles. The van der Waals surface area contributed by atoms with Gasteiger partial charge in [-0.1, -0.05) is 6.07 Å². The van der Waals surface area contributed by atoms with Crippen LogP contribution in [0.3, 0.4) is 0 Å². The Hall–Kier alpha value is -2.54. The molecule has 0 saturated heterocycles. The van der Waals surface area contributed by atoms with Gasteiger partial charge in [0.25, 0.3) is 0 Å². The summed E-state index contributed by atoms with van der Waals surface area (Å²) in [6, 6.07) is 9.90. The lowest BCUT2D eigenvalue weighted by molar-refractivity contribution is 0.0526. The van der Waals surface area contributed by atoms with E-state index in [9.17, 15) is 13.2 Å². The molecule has 0 heterocycles. The third-order valence-corrected chi connectivity index (χ3v) is 4.89. The number of nitrogen functional groups attached to an aromatic ring is 2. The lowest BCUT2D eigenvalue weighted by atomic mass is 10.2. The average Bonchev–Trinajstić information content (AvgIpc) is 2.50. The van der Waals surface area contributed by atoms with E-state index in [0.717, 1.165) is 0 Å². The van der Waals surface area contributed by atoms with Gasteiger partial charge in [0.2, 0.25) is 9.84 Å². The zero-order valence-corrected chi connectivity index (χ0v) is 12.8. The van der Waals surface area contributed by atoms with E-state index in [4.69, 9.17) is 16.2 Å². The van der Waals surface area contributed by atoms with Gasteiger partial charge in [0.1, 0.15) is 0 Å². The van der Waals surface area contributed by atoms with Crippen molar-refractivity contribution >= 4 is 27.2 Å². The van der Waals surface area contributed by atoms with Gasteiger partial charge >= 0.3 is 5.97 Å². The number of rotatable bonds is 4. The van der Waals surface area contributed by atoms with Crippen LogP contribution in [0.4, 0.5) is 11.4 Å². The largest absolute Gasteiger partial charge is 0.462 e. The fourth-order valence-corrected chi connectivity index (χ4v) is 3.32. The first-order valence-corrected chi connectivity index (χ1v) is 8.02. The predicted molar refractivity (Wildman–Crippen MR) is 83.1 cm³/mol. The number of sulfone groups is 1. The molecule has 2 aromatic carbocycles. The van der Waals surface area contributed by atoms with Gasteiger partial charge in [0, 0.05) is 0 Å². The number of nitrogens with two attached hydrogens (primary N) is 2. The summed E-state index contributed by atoms with van der Waals surface area (Å²) < 4.78 is 30.0. The molecule has 0 aliphatic rings. The number of carbonyl (C=O) groups is 1. The Kier molecular flexibility index (Phi) is 4.37. The van der Waals surface area contributed by atoms with Crippen LogP contribution < -0.4 is 11.5 Å². The summed E-state index contributed by atoms with van der Waals surface area (Å²) in [6.45, 7) is 1.94. The topological polar surface area (TPSA) is 112 Å². The van der Waals surface area contributed by atoms with Gasteiger partial charge in [-0.3, -0.25) is 0 Å². The summed E-state index contributed by atoms with van der Waals surface area (Å²) in [5.41, 5.74) is 11.9. The molecule has 0 atom stereocenters. The maximum Gasteiger partial charge on any atom is 0.338 e. The van der Waals surface area contributed by atoms with Crippen LogP contribution in [0, 0.1) is 0 Å².